The third-order valence-electron chi connectivity index (χ3n) is 10.2. The van der Waals surface area contributed by atoms with Crippen molar-refractivity contribution in [2.24, 2.45) is 41.1 Å². The molecular weight excluding hydrogens is 608 g/mol. The lowest BCUT2D eigenvalue weighted by Gasteiger charge is -2.36. The van der Waals surface area contributed by atoms with Crippen molar-refractivity contribution < 1.29 is 23.9 Å². The van der Waals surface area contributed by atoms with Crippen LogP contribution in [0.15, 0.2) is 18.2 Å². The molecule has 1 saturated carbocycles. The number of H-pyrrole nitrogens is 1. The van der Waals surface area contributed by atoms with Gasteiger partial charge in [-0.1, -0.05) is 54.5 Å². The number of ether oxygens (including phenoxy) is 2. The van der Waals surface area contributed by atoms with Crippen molar-refractivity contribution in [2.45, 2.75) is 117 Å². The van der Waals surface area contributed by atoms with Gasteiger partial charge in [0.2, 0.25) is 11.8 Å². The van der Waals surface area contributed by atoms with Crippen LogP contribution in [-0.2, 0) is 30.3 Å². The molecule has 1 aliphatic carbocycles. The molecule has 1 fully saturated rings. The van der Waals surface area contributed by atoms with E-state index in [4.69, 9.17) is 20.9 Å². The quantitative estimate of drug-likeness (QED) is 0.118. The maximum atomic E-state index is 13.7. The molecule has 2 aromatic rings. The third-order valence-corrected chi connectivity index (χ3v) is 10.2. The Morgan fingerprint density at radius 1 is 1.04 bits per heavy atom. The molecule has 270 valence electrons. The van der Waals surface area contributed by atoms with E-state index in [0.29, 0.717) is 19.4 Å². The molecule has 11 nitrogen and oxygen atoms in total. The summed E-state index contributed by atoms with van der Waals surface area (Å²) in [6.45, 7) is 14.8. The predicted octanol–water partition coefficient (Wildman–Crippen LogP) is 4.53. The van der Waals surface area contributed by atoms with Crippen LogP contribution in [0.5, 0.6) is 0 Å². The highest BCUT2D eigenvalue weighted by molar-refractivity contribution is 5.86. The van der Waals surface area contributed by atoms with Crippen LogP contribution < -0.4 is 16.8 Å². The molecule has 0 aliphatic heterocycles. The summed E-state index contributed by atoms with van der Waals surface area (Å²) in [7, 11) is 3.58. The van der Waals surface area contributed by atoms with Crippen LogP contribution in [0.2, 0.25) is 0 Å². The lowest BCUT2D eigenvalue weighted by Crippen LogP contribution is -2.51. The molecule has 0 spiro atoms. The molecule has 1 aliphatic rings. The molecule has 3 rings (SSSR count). The molecule has 6 atom stereocenters. The Morgan fingerprint density at radius 2 is 1.73 bits per heavy atom. The maximum absolute atomic E-state index is 13.7. The smallest absolute Gasteiger partial charge is 0.329 e. The minimum absolute atomic E-state index is 0.0181. The Balaban J connectivity index is 1.90. The summed E-state index contributed by atoms with van der Waals surface area (Å²) in [5.41, 5.74) is 15.8. The van der Waals surface area contributed by atoms with Gasteiger partial charge in [-0.05, 0) is 85.8 Å². The van der Waals surface area contributed by atoms with Crippen LogP contribution >= 0.6 is 0 Å². The number of nitrogens with one attached hydrogen (secondary N) is 2. The molecule has 11 heteroatoms. The number of benzene rings is 1. The summed E-state index contributed by atoms with van der Waals surface area (Å²) in [6.07, 6.45) is 3.93. The minimum Gasteiger partial charge on any atom is -0.459 e. The SMILES string of the molecule is COCCCc1[nH]nc2ccc(C(C)[C@@H](C[C@H](N)[C@H](C[C@H](C(=O)N(C)C3CC3)C(C)C)OC(=O)[C@@H](NC(=O)CN)C(C)C)C(C)C)cc12. The Labute approximate surface area is 287 Å². The second-order valence-electron chi connectivity index (χ2n) is 14.9. The van der Waals surface area contributed by atoms with Crippen molar-refractivity contribution in [3.05, 3.63) is 29.5 Å². The molecule has 2 amide bonds. The molecule has 1 heterocycles. The topological polar surface area (TPSA) is 166 Å². The molecule has 48 heavy (non-hydrogen) atoms. The van der Waals surface area contributed by atoms with E-state index in [1.165, 1.54) is 5.56 Å². The van der Waals surface area contributed by atoms with Gasteiger partial charge in [0.15, 0.2) is 0 Å². The standard InChI is InChI=1S/C37H62N6O5/c1-21(2)27(24(7)25-12-15-32-29(17-25)31(41-42-32)11-10-16-47-9)18-30(39)33(48-37(46)35(23(5)6)40-34(44)20-38)19-28(22(3)4)36(45)43(8)26-13-14-26/h12,15,17,21-24,26-28,30,33,35H,10-11,13-14,16,18-20,38-39H2,1-9H3,(H,40,44)(H,41,42)/t24?,27-,28-,30-,33-,35-/m0/s1. The number of amides is 2. The fourth-order valence-electron chi connectivity index (χ4n) is 6.79. The maximum Gasteiger partial charge on any atom is 0.329 e. The highest BCUT2D eigenvalue weighted by Gasteiger charge is 2.39. The van der Waals surface area contributed by atoms with E-state index in [2.05, 4.69) is 54.5 Å². The molecule has 6 N–H and O–H groups in total. The first-order chi connectivity index (χ1) is 22.7. The fraction of sp³-hybridized carbons (Fsp3) is 0.730. The van der Waals surface area contributed by atoms with Crippen molar-refractivity contribution in [3.8, 4) is 0 Å². The molecule has 0 bridgehead atoms. The number of nitrogens with two attached hydrogens (primary N) is 2. The van der Waals surface area contributed by atoms with Crippen LogP contribution in [0, 0.1) is 29.6 Å². The van der Waals surface area contributed by atoms with Crippen molar-refractivity contribution >= 4 is 28.7 Å². The molecule has 0 saturated heterocycles. The second kappa shape index (κ2) is 18.1. The number of hydrogen-bond donors (Lipinski definition) is 4. The Hall–Kier alpha value is -3.02. The van der Waals surface area contributed by atoms with Crippen molar-refractivity contribution in [1.82, 2.24) is 20.4 Å². The average Bonchev–Trinajstić information content (AvgIpc) is 3.82. The number of nitrogens with zero attached hydrogens (tertiary/aromatic N) is 2. The van der Waals surface area contributed by atoms with Gasteiger partial charge >= 0.3 is 5.97 Å². The molecule has 0 radical (unpaired) electrons. The first-order valence-electron chi connectivity index (χ1n) is 17.9. The Bertz CT molecular complexity index is 1340. The third kappa shape index (κ3) is 10.5. The fourth-order valence-corrected chi connectivity index (χ4v) is 6.79. The highest BCUT2D eigenvalue weighted by atomic mass is 16.5. The van der Waals surface area contributed by atoms with Crippen molar-refractivity contribution in [2.75, 3.05) is 27.3 Å². The van der Waals surface area contributed by atoms with Crippen LogP contribution in [0.1, 0.15) is 97.7 Å². The van der Waals surface area contributed by atoms with Gasteiger partial charge in [-0.25, -0.2) is 4.79 Å². The number of methoxy groups -OCH3 is 1. The van der Waals surface area contributed by atoms with E-state index in [1.54, 1.807) is 7.11 Å². The number of fused-ring (bicyclic) bond motifs is 1. The van der Waals surface area contributed by atoms with Crippen molar-refractivity contribution in [1.29, 1.82) is 0 Å². The summed E-state index contributed by atoms with van der Waals surface area (Å²) in [6, 6.07) is 5.29. The van der Waals surface area contributed by atoms with E-state index < -0.39 is 30.1 Å². The monoisotopic (exact) mass is 670 g/mol. The van der Waals surface area contributed by atoms with Gasteiger partial charge in [0.1, 0.15) is 12.1 Å². The van der Waals surface area contributed by atoms with E-state index >= 15 is 0 Å². The van der Waals surface area contributed by atoms with Crippen molar-refractivity contribution in [3.63, 3.8) is 0 Å². The number of hydrogen-bond acceptors (Lipinski definition) is 8. The largest absolute Gasteiger partial charge is 0.459 e. The first kappa shape index (κ1) is 39.4. The Kier molecular flexibility index (Phi) is 14.9. The summed E-state index contributed by atoms with van der Waals surface area (Å²) >= 11 is 0. The number of carbonyl (C=O) groups is 3. The van der Waals surface area contributed by atoms with Gasteiger partial charge in [0.05, 0.1) is 12.1 Å². The van der Waals surface area contributed by atoms with E-state index in [1.807, 2.05) is 39.6 Å². The van der Waals surface area contributed by atoms with E-state index in [9.17, 15) is 14.4 Å². The number of carbonyl (C=O) groups excluding carboxylic acids is 3. The lowest BCUT2D eigenvalue weighted by atomic mass is 9.75. The molecule has 1 aromatic heterocycles. The zero-order chi connectivity index (χ0) is 35.7. The lowest BCUT2D eigenvalue weighted by molar-refractivity contribution is -0.158. The summed E-state index contributed by atoms with van der Waals surface area (Å²) < 4.78 is 11.5. The summed E-state index contributed by atoms with van der Waals surface area (Å²) in [5, 5.41) is 11.5. The van der Waals surface area contributed by atoms with Gasteiger partial charge in [-0.15, -0.1) is 0 Å². The van der Waals surface area contributed by atoms with Gasteiger partial charge in [0, 0.05) is 49.8 Å². The highest BCUT2D eigenvalue weighted by Crippen LogP contribution is 2.37. The zero-order valence-electron chi connectivity index (χ0n) is 30.8. The molecule has 1 unspecified atom stereocenters. The second-order valence-corrected chi connectivity index (χ2v) is 14.9. The van der Waals surface area contributed by atoms with Gasteiger partial charge < -0.3 is 31.2 Å². The first-order valence-corrected chi connectivity index (χ1v) is 17.9. The van der Waals surface area contributed by atoms with Crippen LogP contribution in [-0.4, -0.2) is 84.4 Å². The number of esters is 1. The van der Waals surface area contributed by atoms with Crippen LogP contribution in [0.3, 0.4) is 0 Å². The van der Waals surface area contributed by atoms with E-state index in [-0.39, 0.29) is 54.0 Å². The number of aromatic amines is 1. The summed E-state index contributed by atoms with van der Waals surface area (Å²) in [4.78, 5) is 41.4. The number of aromatic nitrogens is 2. The van der Waals surface area contributed by atoms with Crippen LogP contribution in [0.25, 0.3) is 10.9 Å². The van der Waals surface area contributed by atoms with E-state index in [0.717, 1.165) is 42.3 Å². The summed E-state index contributed by atoms with van der Waals surface area (Å²) in [5.74, 6) is -0.933. The van der Waals surface area contributed by atoms with Gasteiger partial charge in [-0.2, -0.15) is 5.10 Å². The minimum atomic E-state index is -0.877. The normalized spacial score (nSPS) is 17.3. The zero-order valence-corrected chi connectivity index (χ0v) is 30.8. The molecule has 1 aromatic carbocycles. The molecular formula is C37H62N6O5. The van der Waals surface area contributed by atoms with Gasteiger partial charge in [-0.3, -0.25) is 14.7 Å². The van der Waals surface area contributed by atoms with Crippen LogP contribution in [0.4, 0.5) is 0 Å². The number of aryl methyl sites for hydroxylation is 1. The Morgan fingerprint density at radius 3 is 2.29 bits per heavy atom. The van der Waals surface area contributed by atoms with Gasteiger partial charge in [0.25, 0.3) is 0 Å². The predicted molar refractivity (Wildman–Crippen MR) is 190 cm³/mol. The average molecular weight is 671 g/mol. The number of rotatable bonds is 20.